The lowest BCUT2D eigenvalue weighted by atomic mass is 10.1. The second-order valence-electron chi connectivity index (χ2n) is 5.64. The summed E-state index contributed by atoms with van der Waals surface area (Å²) >= 11 is 0. The van der Waals surface area contributed by atoms with E-state index < -0.39 is 0 Å². The second-order valence-corrected chi connectivity index (χ2v) is 5.64. The first kappa shape index (κ1) is 18.3. The molecule has 122 valence electrons. The average Bonchev–Trinajstić information content (AvgIpc) is 2.56. The molecule has 0 saturated heterocycles. The van der Waals surface area contributed by atoms with E-state index in [-0.39, 0.29) is 0 Å². The van der Waals surface area contributed by atoms with E-state index in [0.717, 1.165) is 36.5 Å². The fourth-order valence-corrected chi connectivity index (χ4v) is 2.33. The summed E-state index contributed by atoms with van der Waals surface area (Å²) in [7, 11) is 0. The molecule has 0 aliphatic carbocycles. The molecule has 0 amide bonds. The number of rotatable bonds is 12. The maximum absolute atomic E-state index is 5.75. The van der Waals surface area contributed by atoms with Crippen LogP contribution in [0.2, 0.25) is 0 Å². The molecular formula is C19H30N2O. The Balaban J connectivity index is 2.04. The lowest BCUT2D eigenvalue weighted by Crippen LogP contribution is -2.00. The molecule has 22 heavy (non-hydrogen) atoms. The van der Waals surface area contributed by atoms with Gasteiger partial charge < -0.3 is 10.6 Å². The van der Waals surface area contributed by atoms with E-state index in [1.165, 1.54) is 38.5 Å². The topological polar surface area (TPSA) is 47.6 Å². The predicted octanol–water partition coefficient (Wildman–Crippen LogP) is 5.05. The van der Waals surface area contributed by atoms with Crippen LogP contribution in [0.5, 0.6) is 5.75 Å². The van der Waals surface area contributed by atoms with Gasteiger partial charge in [-0.25, -0.2) is 0 Å². The number of nitrogens with two attached hydrogens (primary N) is 1. The van der Waals surface area contributed by atoms with Crippen LogP contribution >= 0.6 is 0 Å². The molecule has 2 N–H and O–H groups in total. The van der Waals surface area contributed by atoms with Crippen molar-refractivity contribution >= 4 is 5.71 Å². The van der Waals surface area contributed by atoms with Crippen LogP contribution in [0.4, 0.5) is 0 Å². The molecule has 0 heterocycles. The van der Waals surface area contributed by atoms with Gasteiger partial charge in [0.2, 0.25) is 0 Å². The Morgan fingerprint density at radius 3 is 2.23 bits per heavy atom. The number of allylic oxidation sites excluding steroid dienone is 1. The molecule has 0 saturated carbocycles. The molecule has 1 aromatic carbocycles. The van der Waals surface area contributed by atoms with Crippen molar-refractivity contribution in [2.24, 2.45) is 10.9 Å². The Hall–Kier alpha value is -1.77. The summed E-state index contributed by atoms with van der Waals surface area (Å²) in [4.78, 5) is 0. The highest BCUT2D eigenvalue weighted by molar-refractivity contribution is 5.98. The summed E-state index contributed by atoms with van der Waals surface area (Å²) in [6.45, 7) is 6.43. The molecule has 1 aromatic rings. The summed E-state index contributed by atoms with van der Waals surface area (Å²) < 4.78 is 5.75. The molecule has 3 heteroatoms. The summed E-state index contributed by atoms with van der Waals surface area (Å²) in [5.74, 6) is 6.18. The van der Waals surface area contributed by atoms with Crippen molar-refractivity contribution in [3.8, 4) is 5.75 Å². The summed E-state index contributed by atoms with van der Waals surface area (Å²) in [5, 5.41) is 3.69. The summed E-state index contributed by atoms with van der Waals surface area (Å²) in [5.41, 5.74) is 1.87. The number of ether oxygens (including phenoxy) is 1. The second kappa shape index (κ2) is 11.8. The Morgan fingerprint density at radius 2 is 1.64 bits per heavy atom. The molecule has 0 unspecified atom stereocenters. The quantitative estimate of drug-likeness (QED) is 0.193. The minimum Gasteiger partial charge on any atom is -0.494 e. The van der Waals surface area contributed by atoms with Gasteiger partial charge in [0.1, 0.15) is 5.75 Å². The molecule has 0 radical (unpaired) electrons. The first-order valence-corrected chi connectivity index (χ1v) is 8.36. The van der Waals surface area contributed by atoms with Gasteiger partial charge >= 0.3 is 0 Å². The molecule has 0 aliphatic heterocycles. The standard InChI is InChI=1S/C19H30N2O/c1-3-4-5-6-7-8-9-10-11-16-22-19-14-12-18(13-15-19)17(2)21-20/h3,12-15H,1,4-11,16,20H2,2H3. The smallest absolute Gasteiger partial charge is 0.119 e. The Kier molecular flexibility index (Phi) is 9.84. The van der Waals surface area contributed by atoms with Crippen LogP contribution < -0.4 is 10.6 Å². The maximum Gasteiger partial charge on any atom is 0.119 e. The van der Waals surface area contributed by atoms with Crippen LogP contribution in [-0.4, -0.2) is 12.3 Å². The van der Waals surface area contributed by atoms with Crippen molar-refractivity contribution in [1.82, 2.24) is 0 Å². The first-order chi connectivity index (χ1) is 10.8. The minimum atomic E-state index is 0.791. The maximum atomic E-state index is 5.75. The van der Waals surface area contributed by atoms with Gasteiger partial charge in [-0.3, -0.25) is 0 Å². The zero-order chi connectivity index (χ0) is 16.0. The normalized spacial score (nSPS) is 11.4. The van der Waals surface area contributed by atoms with E-state index in [1.807, 2.05) is 37.3 Å². The zero-order valence-electron chi connectivity index (χ0n) is 13.9. The Bertz CT molecular complexity index is 437. The highest BCUT2D eigenvalue weighted by atomic mass is 16.5. The number of hydrogen-bond acceptors (Lipinski definition) is 3. The van der Waals surface area contributed by atoms with Gasteiger partial charge in [-0.1, -0.05) is 38.2 Å². The lowest BCUT2D eigenvalue weighted by Gasteiger charge is -2.07. The third-order valence-corrected chi connectivity index (χ3v) is 3.79. The molecule has 0 aliphatic rings. The van der Waals surface area contributed by atoms with E-state index in [9.17, 15) is 0 Å². The molecule has 3 nitrogen and oxygen atoms in total. The molecule has 0 atom stereocenters. The largest absolute Gasteiger partial charge is 0.494 e. The molecule has 0 bridgehead atoms. The van der Waals surface area contributed by atoms with Crippen molar-refractivity contribution in [3.05, 3.63) is 42.5 Å². The van der Waals surface area contributed by atoms with Crippen LogP contribution in [0.1, 0.15) is 63.9 Å². The molecule has 0 fully saturated rings. The predicted molar refractivity (Wildman–Crippen MR) is 95.5 cm³/mol. The van der Waals surface area contributed by atoms with Crippen molar-refractivity contribution in [3.63, 3.8) is 0 Å². The Labute approximate surface area is 135 Å². The van der Waals surface area contributed by atoms with Crippen LogP contribution in [0.3, 0.4) is 0 Å². The van der Waals surface area contributed by atoms with E-state index >= 15 is 0 Å². The van der Waals surface area contributed by atoms with Crippen molar-refractivity contribution in [2.45, 2.75) is 58.3 Å². The van der Waals surface area contributed by atoms with Gasteiger partial charge in [-0.15, -0.1) is 6.58 Å². The molecule has 1 rings (SSSR count). The van der Waals surface area contributed by atoms with E-state index in [2.05, 4.69) is 11.7 Å². The van der Waals surface area contributed by atoms with Gasteiger partial charge in [-0.05, 0) is 56.0 Å². The zero-order valence-corrected chi connectivity index (χ0v) is 13.9. The highest BCUT2D eigenvalue weighted by Gasteiger charge is 1.98. The van der Waals surface area contributed by atoms with E-state index in [1.54, 1.807) is 0 Å². The highest BCUT2D eigenvalue weighted by Crippen LogP contribution is 2.14. The van der Waals surface area contributed by atoms with Gasteiger partial charge in [0, 0.05) is 0 Å². The van der Waals surface area contributed by atoms with Crippen LogP contribution in [-0.2, 0) is 0 Å². The molecule has 0 aromatic heterocycles. The Morgan fingerprint density at radius 1 is 1.05 bits per heavy atom. The van der Waals surface area contributed by atoms with Crippen molar-refractivity contribution in [2.75, 3.05) is 6.61 Å². The number of hydrazone groups is 1. The van der Waals surface area contributed by atoms with Crippen molar-refractivity contribution in [1.29, 1.82) is 0 Å². The van der Waals surface area contributed by atoms with Crippen LogP contribution in [0.15, 0.2) is 42.0 Å². The van der Waals surface area contributed by atoms with Crippen molar-refractivity contribution < 1.29 is 4.74 Å². The number of hydrogen-bond donors (Lipinski definition) is 1. The lowest BCUT2D eigenvalue weighted by molar-refractivity contribution is 0.304. The van der Waals surface area contributed by atoms with Gasteiger partial charge in [0.25, 0.3) is 0 Å². The molecule has 0 spiro atoms. The first-order valence-electron chi connectivity index (χ1n) is 8.36. The number of nitrogens with zero attached hydrogens (tertiary/aromatic N) is 1. The number of benzene rings is 1. The van der Waals surface area contributed by atoms with Crippen LogP contribution in [0.25, 0.3) is 0 Å². The summed E-state index contributed by atoms with van der Waals surface area (Å²) in [6.07, 6.45) is 12.1. The minimum absolute atomic E-state index is 0.791. The monoisotopic (exact) mass is 302 g/mol. The summed E-state index contributed by atoms with van der Waals surface area (Å²) in [6, 6.07) is 7.93. The van der Waals surface area contributed by atoms with E-state index in [4.69, 9.17) is 10.6 Å². The van der Waals surface area contributed by atoms with Gasteiger partial charge in [-0.2, -0.15) is 5.10 Å². The van der Waals surface area contributed by atoms with Gasteiger partial charge in [0.15, 0.2) is 0 Å². The van der Waals surface area contributed by atoms with Crippen LogP contribution in [0, 0.1) is 0 Å². The number of unbranched alkanes of at least 4 members (excludes halogenated alkanes) is 7. The van der Waals surface area contributed by atoms with E-state index in [0.29, 0.717) is 0 Å². The molecular weight excluding hydrogens is 272 g/mol. The van der Waals surface area contributed by atoms with Gasteiger partial charge in [0.05, 0.1) is 12.3 Å². The third-order valence-electron chi connectivity index (χ3n) is 3.79. The third kappa shape index (κ3) is 7.87. The SMILES string of the molecule is C=CCCCCCCCCCOc1ccc(C(C)=NN)cc1. The average molecular weight is 302 g/mol. The fraction of sp³-hybridized carbons (Fsp3) is 0.526. The fourth-order valence-electron chi connectivity index (χ4n) is 2.33.